The third-order valence-corrected chi connectivity index (χ3v) is 6.19. The van der Waals surface area contributed by atoms with Crippen LogP contribution in [0.3, 0.4) is 0 Å². The van der Waals surface area contributed by atoms with Gasteiger partial charge in [-0.05, 0) is 34.6 Å². The molecule has 5 unspecified atom stereocenters. The molecular formula is C17H32BN2O5PY. The minimum absolute atomic E-state index is 0. The Kier molecular flexibility index (Phi) is 14.4. The zero-order valence-corrected chi connectivity index (χ0v) is 21.0. The Labute approximate surface area is 191 Å². The number of aliphatic hydroxyl groups is 1. The van der Waals surface area contributed by atoms with E-state index in [1.165, 1.54) is 0 Å². The fourth-order valence-electron chi connectivity index (χ4n) is 3.08. The number of nitrogens with zero attached hydrogens (tertiary/aromatic N) is 2. The van der Waals surface area contributed by atoms with Gasteiger partial charge in [-0.25, -0.2) is 4.67 Å². The topological polar surface area (TPSA) is 84.2 Å². The molecule has 6 atom stereocenters. The SMILES string of the molecule is [B]C1OC(C[C@@H](C)O)C(OP(OCCC#N)N(C(C)C)C(C)C)C1OC.[Y]. The maximum absolute atomic E-state index is 9.78. The van der Waals surface area contributed by atoms with Gasteiger partial charge in [0, 0.05) is 64.3 Å². The molecule has 0 aromatic rings. The van der Waals surface area contributed by atoms with E-state index in [4.69, 9.17) is 31.6 Å². The van der Waals surface area contributed by atoms with Crippen molar-refractivity contribution in [2.24, 2.45) is 0 Å². The number of ether oxygens (including phenoxy) is 2. The molecule has 0 aromatic carbocycles. The first-order valence-electron chi connectivity index (χ1n) is 9.09. The standard InChI is InChI=1S/C17H32BN2O5P.Y/c1-11(2)20(12(3)4)26(23-9-7-8-19)25-15-14(10-13(5)21)24-17(18)16(15)22-6;/h11-17,21H,7,9-10H2,1-6H3;/t13-,14?,15?,16?,17?,26?;/m1./s1. The van der Waals surface area contributed by atoms with Crippen LogP contribution in [0.15, 0.2) is 0 Å². The van der Waals surface area contributed by atoms with Gasteiger partial charge in [0.1, 0.15) is 20.1 Å². The molecule has 1 rings (SSSR count). The number of hydrogen-bond donors (Lipinski definition) is 1. The number of rotatable bonds is 11. The summed E-state index contributed by atoms with van der Waals surface area (Å²) < 4.78 is 25.7. The van der Waals surface area contributed by atoms with Gasteiger partial charge in [-0.15, -0.1) is 0 Å². The smallest absolute Gasteiger partial charge is 0.259 e. The van der Waals surface area contributed by atoms with Crippen molar-refractivity contribution in [1.82, 2.24) is 4.67 Å². The predicted octanol–water partition coefficient (Wildman–Crippen LogP) is 2.32. The molecule has 1 aliphatic rings. The number of aliphatic hydroxyl groups excluding tert-OH is 1. The Morgan fingerprint density at radius 1 is 1.22 bits per heavy atom. The van der Waals surface area contributed by atoms with Gasteiger partial charge in [-0.3, -0.25) is 0 Å². The minimum Gasteiger partial charge on any atom is -0.393 e. The fraction of sp³-hybridized carbons (Fsp3) is 0.941. The Morgan fingerprint density at radius 3 is 2.26 bits per heavy atom. The molecule has 7 nitrogen and oxygen atoms in total. The molecule has 1 N–H and O–H groups in total. The van der Waals surface area contributed by atoms with Crippen molar-refractivity contribution < 1.29 is 56.3 Å². The van der Waals surface area contributed by atoms with E-state index in [2.05, 4.69) is 38.4 Å². The molecule has 1 fully saturated rings. The summed E-state index contributed by atoms with van der Waals surface area (Å²) in [4.78, 5) is 0. The second kappa shape index (κ2) is 14.0. The Hall–Kier alpha value is 0.849. The maximum Gasteiger partial charge on any atom is 0.259 e. The van der Waals surface area contributed by atoms with Crippen molar-refractivity contribution in [1.29, 1.82) is 5.26 Å². The molecule has 27 heavy (non-hydrogen) atoms. The maximum atomic E-state index is 9.78. The molecule has 1 saturated heterocycles. The predicted molar refractivity (Wildman–Crippen MR) is 102 cm³/mol. The molecule has 0 bridgehead atoms. The second-order valence-electron chi connectivity index (χ2n) is 7.04. The van der Waals surface area contributed by atoms with Gasteiger partial charge in [0.05, 0.1) is 31.3 Å². The van der Waals surface area contributed by atoms with Crippen LogP contribution in [0.2, 0.25) is 0 Å². The minimum atomic E-state index is -1.44. The summed E-state index contributed by atoms with van der Waals surface area (Å²) in [6.07, 6.45) is -1.17. The van der Waals surface area contributed by atoms with Crippen LogP contribution in [0.4, 0.5) is 0 Å². The van der Waals surface area contributed by atoms with E-state index in [1.807, 2.05) is 0 Å². The molecule has 10 heteroatoms. The molecule has 0 amide bonds. The summed E-state index contributed by atoms with van der Waals surface area (Å²) in [5, 5.41) is 18.6. The van der Waals surface area contributed by atoms with E-state index < -0.39 is 32.8 Å². The van der Waals surface area contributed by atoms with Gasteiger partial charge in [0.2, 0.25) is 0 Å². The number of nitriles is 1. The van der Waals surface area contributed by atoms with Gasteiger partial charge < -0.3 is 23.6 Å². The van der Waals surface area contributed by atoms with Crippen molar-refractivity contribution in [2.75, 3.05) is 13.7 Å². The zero-order chi connectivity index (χ0) is 19.9. The summed E-state index contributed by atoms with van der Waals surface area (Å²) >= 11 is 0. The number of hydrogen-bond acceptors (Lipinski definition) is 7. The normalized spacial score (nSPS) is 27.6. The molecule has 1 aliphatic heterocycles. The molecule has 3 radical (unpaired) electrons. The number of methoxy groups -OCH3 is 1. The van der Waals surface area contributed by atoms with Crippen molar-refractivity contribution in [3.05, 3.63) is 0 Å². The molecule has 0 saturated carbocycles. The molecular weight excluding hydrogens is 443 g/mol. The first kappa shape index (κ1) is 27.8. The van der Waals surface area contributed by atoms with E-state index in [9.17, 15) is 5.11 Å². The van der Waals surface area contributed by atoms with E-state index in [0.717, 1.165) is 0 Å². The Morgan fingerprint density at radius 2 is 1.81 bits per heavy atom. The van der Waals surface area contributed by atoms with Crippen LogP contribution in [0.5, 0.6) is 0 Å². The third kappa shape index (κ3) is 8.62. The summed E-state index contributed by atoms with van der Waals surface area (Å²) in [5.74, 6) is 0. The van der Waals surface area contributed by atoms with Gasteiger partial charge >= 0.3 is 0 Å². The molecule has 0 aromatic heterocycles. The van der Waals surface area contributed by atoms with Gasteiger partial charge in [0.25, 0.3) is 8.53 Å². The second-order valence-corrected chi connectivity index (χ2v) is 8.45. The Balaban J connectivity index is 0.00000676. The average molecular weight is 475 g/mol. The van der Waals surface area contributed by atoms with Crippen molar-refractivity contribution in [3.8, 4) is 6.07 Å². The van der Waals surface area contributed by atoms with Crippen molar-refractivity contribution in [3.63, 3.8) is 0 Å². The first-order valence-corrected chi connectivity index (χ1v) is 10.2. The van der Waals surface area contributed by atoms with E-state index in [0.29, 0.717) is 6.42 Å². The van der Waals surface area contributed by atoms with Gasteiger partial charge in [-0.2, -0.15) is 5.26 Å². The summed E-state index contributed by atoms with van der Waals surface area (Å²) in [5.41, 5.74) is 0. The van der Waals surface area contributed by atoms with E-state index >= 15 is 0 Å². The molecule has 1 heterocycles. The summed E-state index contributed by atoms with van der Waals surface area (Å²) in [6, 6.07) is 1.84. The summed E-state index contributed by atoms with van der Waals surface area (Å²) in [6.45, 7) is 10.3. The van der Waals surface area contributed by atoms with Crippen molar-refractivity contribution >= 4 is 16.4 Å². The largest absolute Gasteiger partial charge is 0.393 e. The molecule has 151 valence electrons. The fourth-order valence-corrected chi connectivity index (χ4v) is 4.84. The quantitative estimate of drug-likeness (QED) is 0.279. The first-order chi connectivity index (χ1) is 12.2. The molecule has 0 aliphatic carbocycles. The zero-order valence-electron chi connectivity index (χ0n) is 17.2. The van der Waals surface area contributed by atoms with Gasteiger partial charge in [0.15, 0.2) is 0 Å². The van der Waals surface area contributed by atoms with Crippen LogP contribution >= 0.6 is 8.53 Å². The van der Waals surface area contributed by atoms with Crippen LogP contribution < -0.4 is 0 Å². The Bertz CT molecular complexity index is 448. The van der Waals surface area contributed by atoms with Crippen LogP contribution in [-0.2, 0) is 51.2 Å². The summed E-state index contributed by atoms with van der Waals surface area (Å²) in [7, 11) is 6.16. The average Bonchev–Trinajstić information content (AvgIpc) is 2.80. The van der Waals surface area contributed by atoms with Gasteiger partial charge in [-0.1, -0.05) is 0 Å². The third-order valence-electron chi connectivity index (χ3n) is 4.07. The monoisotopic (exact) mass is 475 g/mol. The van der Waals surface area contributed by atoms with Crippen LogP contribution in [0, 0.1) is 11.3 Å². The molecule has 0 spiro atoms. The van der Waals surface area contributed by atoms with E-state index in [1.54, 1.807) is 14.0 Å². The van der Waals surface area contributed by atoms with Crippen molar-refractivity contribution in [2.45, 2.75) is 90.0 Å². The van der Waals surface area contributed by atoms with Crippen LogP contribution in [0.25, 0.3) is 0 Å². The van der Waals surface area contributed by atoms with Crippen LogP contribution in [0.1, 0.15) is 47.5 Å². The van der Waals surface area contributed by atoms with Crippen LogP contribution in [-0.4, -0.2) is 73.8 Å². The van der Waals surface area contributed by atoms with E-state index in [-0.39, 0.29) is 63.9 Å².